The minimum Gasteiger partial charge on any atom is -0.481 e. The molecule has 4 N–H and O–H groups in total. The predicted octanol–water partition coefficient (Wildman–Crippen LogP) is 0.676. The minimum absolute atomic E-state index is 0.00123. The summed E-state index contributed by atoms with van der Waals surface area (Å²) in [5, 5.41) is 15.5. The molecular weight excluding hydrogens is 196 g/mol. The fraction of sp³-hybridized carbons (Fsp3) is 0.667. The molecule has 0 spiro atoms. The van der Waals surface area contributed by atoms with Crippen LogP contribution in [0.25, 0.3) is 0 Å². The summed E-state index contributed by atoms with van der Waals surface area (Å²) in [5.74, 6) is -0.193. The first kappa shape index (κ1) is 11.5. The normalized spacial score (nSPS) is 15.2. The number of carbonyl (C=O) groups is 1. The van der Waals surface area contributed by atoms with Crippen LogP contribution in [-0.2, 0) is 11.2 Å². The molecule has 0 aliphatic carbocycles. The average Bonchev–Trinajstić information content (AvgIpc) is 2.50. The van der Waals surface area contributed by atoms with Gasteiger partial charge in [-0.25, -0.2) is 0 Å². The van der Waals surface area contributed by atoms with Crippen LogP contribution in [0.4, 0.5) is 5.95 Å². The van der Waals surface area contributed by atoms with E-state index in [1.165, 1.54) is 0 Å². The fourth-order valence-electron chi connectivity index (χ4n) is 1.26. The summed E-state index contributed by atoms with van der Waals surface area (Å²) in [4.78, 5) is 15.1. The van der Waals surface area contributed by atoms with E-state index in [0.717, 1.165) is 0 Å². The van der Waals surface area contributed by atoms with Gasteiger partial charge in [0, 0.05) is 6.42 Å². The predicted molar refractivity (Wildman–Crippen MR) is 55.1 cm³/mol. The highest BCUT2D eigenvalue weighted by molar-refractivity contribution is 5.74. The van der Waals surface area contributed by atoms with Gasteiger partial charge in [0.1, 0.15) is 5.82 Å². The van der Waals surface area contributed by atoms with Gasteiger partial charge in [-0.15, -0.1) is 5.10 Å². The van der Waals surface area contributed by atoms with Crippen LogP contribution in [-0.4, -0.2) is 26.3 Å². The first-order valence-corrected chi connectivity index (χ1v) is 4.76. The lowest BCUT2D eigenvalue weighted by Gasteiger charge is -2.27. The maximum absolute atomic E-state index is 11.2. The zero-order valence-electron chi connectivity index (χ0n) is 9.11. The van der Waals surface area contributed by atoms with E-state index < -0.39 is 11.4 Å². The van der Waals surface area contributed by atoms with Crippen molar-refractivity contribution in [3.63, 3.8) is 0 Å². The summed E-state index contributed by atoms with van der Waals surface area (Å²) >= 11 is 0. The summed E-state index contributed by atoms with van der Waals surface area (Å²) in [5.41, 5.74) is 4.49. The molecule has 1 aromatic rings. The quantitative estimate of drug-likeness (QED) is 0.680. The SMILES string of the molecule is CC(C)C(C)(Cc1nc(N)n[nH]1)C(=O)O. The zero-order valence-corrected chi connectivity index (χ0v) is 9.11. The molecule has 1 atom stereocenters. The van der Waals surface area contributed by atoms with E-state index in [4.69, 9.17) is 5.73 Å². The fourth-order valence-corrected chi connectivity index (χ4v) is 1.26. The molecule has 0 aromatic carbocycles. The number of hydrogen-bond acceptors (Lipinski definition) is 4. The molecule has 0 aliphatic rings. The number of carboxylic acids is 1. The number of nitrogens with zero attached hydrogens (tertiary/aromatic N) is 2. The number of aromatic nitrogens is 3. The van der Waals surface area contributed by atoms with Crippen LogP contribution < -0.4 is 5.73 Å². The van der Waals surface area contributed by atoms with E-state index in [9.17, 15) is 9.90 Å². The van der Waals surface area contributed by atoms with Crippen LogP contribution >= 0.6 is 0 Å². The summed E-state index contributed by atoms with van der Waals surface area (Å²) in [7, 11) is 0. The number of nitrogen functional groups attached to an aromatic ring is 1. The maximum Gasteiger partial charge on any atom is 0.310 e. The van der Waals surface area contributed by atoms with Crippen LogP contribution in [0.15, 0.2) is 0 Å². The summed E-state index contributed by atoms with van der Waals surface area (Å²) in [6.07, 6.45) is 0.296. The molecule has 0 saturated carbocycles. The summed E-state index contributed by atoms with van der Waals surface area (Å²) in [6.45, 7) is 5.43. The van der Waals surface area contributed by atoms with E-state index in [1.807, 2.05) is 13.8 Å². The second-order valence-corrected chi connectivity index (χ2v) is 4.19. The molecule has 1 heterocycles. The van der Waals surface area contributed by atoms with Gasteiger partial charge in [-0.3, -0.25) is 9.89 Å². The van der Waals surface area contributed by atoms with E-state index in [2.05, 4.69) is 15.2 Å². The number of H-pyrrole nitrogens is 1. The Labute approximate surface area is 87.9 Å². The molecule has 0 amide bonds. The average molecular weight is 212 g/mol. The number of nitrogens with one attached hydrogen (secondary N) is 1. The number of aromatic amines is 1. The molecule has 0 fully saturated rings. The highest BCUT2D eigenvalue weighted by Crippen LogP contribution is 2.30. The zero-order chi connectivity index (χ0) is 11.6. The monoisotopic (exact) mass is 212 g/mol. The second kappa shape index (κ2) is 3.88. The number of hydrogen-bond donors (Lipinski definition) is 3. The Kier molecular flexibility index (Phi) is 2.97. The molecular formula is C9H16N4O2. The summed E-state index contributed by atoms with van der Waals surface area (Å²) in [6, 6.07) is 0. The molecule has 6 heteroatoms. The third kappa shape index (κ3) is 2.26. The van der Waals surface area contributed by atoms with Crippen molar-refractivity contribution in [3.8, 4) is 0 Å². The molecule has 1 aromatic heterocycles. The molecule has 0 saturated heterocycles. The lowest BCUT2D eigenvalue weighted by atomic mass is 9.76. The van der Waals surface area contributed by atoms with E-state index in [1.54, 1.807) is 6.92 Å². The Morgan fingerprint density at radius 2 is 2.27 bits per heavy atom. The van der Waals surface area contributed by atoms with Crippen molar-refractivity contribution in [2.24, 2.45) is 11.3 Å². The molecule has 0 aliphatic heterocycles. The number of aliphatic carboxylic acids is 1. The summed E-state index contributed by atoms with van der Waals surface area (Å²) < 4.78 is 0. The number of anilines is 1. The Morgan fingerprint density at radius 1 is 1.67 bits per heavy atom. The first-order valence-electron chi connectivity index (χ1n) is 4.76. The van der Waals surface area contributed by atoms with Gasteiger partial charge >= 0.3 is 5.97 Å². The standard InChI is InChI=1S/C9H16N4O2/c1-5(2)9(3,7(14)15)4-6-11-8(10)13-12-6/h5H,4H2,1-3H3,(H,14,15)(H3,10,11,12,13). The Hall–Kier alpha value is -1.59. The van der Waals surface area contributed by atoms with Gasteiger partial charge in [0.15, 0.2) is 0 Å². The number of nitrogens with two attached hydrogens (primary N) is 1. The van der Waals surface area contributed by atoms with Crippen LogP contribution in [0.5, 0.6) is 0 Å². The first-order chi connectivity index (χ1) is 6.86. The van der Waals surface area contributed by atoms with Gasteiger partial charge in [-0.1, -0.05) is 13.8 Å². The van der Waals surface area contributed by atoms with Gasteiger partial charge < -0.3 is 10.8 Å². The third-order valence-corrected chi connectivity index (χ3v) is 2.85. The van der Waals surface area contributed by atoms with Crippen molar-refractivity contribution >= 4 is 11.9 Å². The highest BCUT2D eigenvalue weighted by Gasteiger charge is 2.37. The van der Waals surface area contributed by atoms with E-state index in [-0.39, 0.29) is 11.9 Å². The molecule has 1 unspecified atom stereocenters. The van der Waals surface area contributed by atoms with Crippen LogP contribution in [0.1, 0.15) is 26.6 Å². The molecule has 6 nitrogen and oxygen atoms in total. The number of rotatable bonds is 4. The molecule has 1 rings (SSSR count). The van der Waals surface area contributed by atoms with Crippen LogP contribution in [0.2, 0.25) is 0 Å². The smallest absolute Gasteiger partial charge is 0.310 e. The Bertz CT molecular complexity index is 361. The Morgan fingerprint density at radius 3 is 2.60 bits per heavy atom. The van der Waals surface area contributed by atoms with Crippen molar-refractivity contribution in [3.05, 3.63) is 5.82 Å². The molecule has 84 valence electrons. The topological polar surface area (TPSA) is 105 Å². The lowest BCUT2D eigenvalue weighted by Crippen LogP contribution is -2.35. The van der Waals surface area contributed by atoms with Gasteiger partial charge in [0.05, 0.1) is 5.41 Å². The molecule has 15 heavy (non-hydrogen) atoms. The molecule has 0 bridgehead atoms. The van der Waals surface area contributed by atoms with Crippen molar-refractivity contribution in [1.29, 1.82) is 0 Å². The lowest BCUT2D eigenvalue weighted by molar-refractivity contribution is -0.150. The second-order valence-electron chi connectivity index (χ2n) is 4.19. The third-order valence-electron chi connectivity index (χ3n) is 2.85. The minimum atomic E-state index is -0.855. The van der Waals surface area contributed by atoms with Gasteiger partial charge in [-0.05, 0) is 12.8 Å². The van der Waals surface area contributed by atoms with Crippen molar-refractivity contribution in [2.45, 2.75) is 27.2 Å². The maximum atomic E-state index is 11.2. The van der Waals surface area contributed by atoms with Gasteiger partial charge in [0.2, 0.25) is 5.95 Å². The highest BCUT2D eigenvalue weighted by atomic mass is 16.4. The molecule has 0 radical (unpaired) electrons. The van der Waals surface area contributed by atoms with E-state index in [0.29, 0.717) is 12.2 Å². The van der Waals surface area contributed by atoms with Crippen molar-refractivity contribution in [2.75, 3.05) is 5.73 Å². The van der Waals surface area contributed by atoms with E-state index >= 15 is 0 Å². The van der Waals surface area contributed by atoms with Crippen molar-refractivity contribution in [1.82, 2.24) is 15.2 Å². The van der Waals surface area contributed by atoms with Gasteiger partial charge in [-0.2, -0.15) is 4.98 Å². The largest absolute Gasteiger partial charge is 0.481 e. The van der Waals surface area contributed by atoms with Crippen LogP contribution in [0, 0.1) is 11.3 Å². The van der Waals surface area contributed by atoms with Crippen LogP contribution in [0.3, 0.4) is 0 Å². The van der Waals surface area contributed by atoms with Gasteiger partial charge in [0.25, 0.3) is 0 Å². The Balaban J connectivity index is 2.89. The van der Waals surface area contributed by atoms with Crippen molar-refractivity contribution < 1.29 is 9.90 Å². The number of carboxylic acid groups (broad SMARTS) is 1.